The maximum Gasteiger partial charge on any atom is 0.282 e. The Hall–Kier alpha value is -0.430. The number of aliphatic hydroxyl groups excluding tert-OH is 1. The Kier molecular flexibility index (Phi) is 4.91. The average molecular weight is 248 g/mol. The van der Waals surface area contributed by atoms with E-state index in [0.717, 1.165) is 12.8 Å². The van der Waals surface area contributed by atoms with Crippen molar-refractivity contribution < 1.29 is 13.5 Å². The van der Waals surface area contributed by atoms with Crippen molar-refractivity contribution in [2.24, 2.45) is 5.92 Å². The molecule has 1 rings (SSSR count). The zero-order valence-corrected chi connectivity index (χ0v) is 10.5. The van der Waals surface area contributed by atoms with Crippen molar-refractivity contribution in [3.05, 3.63) is 12.7 Å². The maximum atomic E-state index is 12.0. The molecule has 1 aliphatic rings. The van der Waals surface area contributed by atoms with Crippen molar-refractivity contribution in [3.63, 3.8) is 0 Å². The lowest BCUT2D eigenvalue weighted by atomic mass is 10.00. The molecule has 1 N–H and O–H groups in total. The van der Waals surface area contributed by atoms with Crippen LogP contribution in [-0.4, -0.2) is 55.4 Å². The number of hydrogen-bond acceptors (Lipinski definition) is 3. The summed E-state index contributed by atoms with van der Waals surface area (Å²) < 4.78 is 26.8. The predicted molar refractivity (Wildman–Crippen MR) is 63.1 cm³/mol. The summed E-state index contributed by atoms with van der Waals surface area (Å²) in [4.78, 5) is 0. The zero-order valence-electron chi connectivity index (χ0n) is 9.67. The molecule has 1 fully saturated rings. The minimum Gasteiger partial charge on any atom is -0.396 e. The Morgan fingerprint density at radius 1 is 1.50 bits per heavy atom. The second-order valence-electron chi connectivity index (χ2n) is 4.10. The van der Waals surface area contributed by atoms with Gasteiger partial charge in [-0.25, -0.2) is 0 Å². The molecule has 0 aromatic heterocycles. The van der Waals surface area contributed by atoms with E-state index >= 15 is 0 Å². The highest BCUT2D eigenvalue weighted by Gasteiger charge is 2.30. The summed E-state index contributed by atoms with van der Waals surface area (Å²) in [5.41, 5.74) is 0. The van der Waals surface area contributed by atoms with Crippen molar-refractivity contribution in [1.29, 1.82) is 0 Å². The molecular formula is C10H20N2O3S. The van der Waals surface area contributed by atoms with Crippen molar-refractivity contribution >= 4 is 10.2 Å². The molecule has 0 bridgehead atoms. The standard InChI is InChI=1S/C10H20N2O3S/c1-3-6-11(2)16(14,15)12-7-4-10(9-13)5-8-12/h3,10,13H,1,4-9H2,2H3. The molecular weight excluding hydrogens is 228 g/mol. The summed E-state index contributed by atoms with van der Waals surface area (Å²) in [6.45, 7) is 4.99. The Balaban J connectivity index is 2.61. The lowest BCUT2D eigenvalue weighted by molar-refractivity contribution is 0.167. The van der Waals surface area contributed by atoms with Gasteiger partial charge in [0.1, 0.15) is 0 Å². The number of hydrogen-bond donors (Lipinski definition) is 1. The first-order chi connectivity index (χ1) is 7.52. The van der Waals surface area contributed by atoms with Crippen LogP contribution in [0.4, 0.5) is 0 Å². The van der Waals surface area contributed by atoms with Crippen LogP contribution >= 0.6 is 0 Å². The van der Waals surface area contributed by atoms with E-state index in [-0.39, 0.29) is 12.5 Å². The molecule has 94 valence electrons. The summed E-state index contributed by atoms with van der Waals surface area (Å²) >= 11 is 0. The van der Waals surface area contributed by atoms with Gasteiger partial charge in [0.15, 0.2) is 0 Å². The number of rotatable bonds is 5. The van der Waals surface area contributed by atoms with Gasteiger partial charge in [-0.1, -0.05) is 6.08 Å². The first-order valence-electron chi connectivity index (χ1n) is 5.45. The third-order valence-electron chi connectivity index (χ3n) is 2.94. The van der Waals surface area contributed by atoms with Crippen LogP contribution in [0.1, 0.15) is 12.8 Å². The van der Waals surface area contributed by atoms with Crippen LogP contribution in [0.3, 0.4) is 0 Å². The third kappa shape index (κ3) is 3.04. The van der Waals surface area contributed by atoms with Crippen molar-refractivity contribution in [2.45, 2.75) is 12.8 Å². The van der Waals surface area contributed by atoms with E-state index in [1.807, 2.05) is 0 Å². The number of likely N-dealkylation sites (N-methyl/N-ethyl adjacent to an activating group) is 1. The summed E-state index contributed by atoms with van der Waals surface area (Å²) in [6.07, 6.45) is 3.04. The van der Waals surface area contributed by atoms with E-state index in [2.05, 4.69) is 6.58 Å². The van der Waals surface area contributed by atoms with Crippen LogP contribution < -0.4 is 0 Å². The molecule has 0 atom stereocenters. The first kappa shape index (κ1) is 13.6. The molecule has 0 amide bonds. The molecule has 0 spiro atoms. The number of aliphatic hydroxyl groups is 1. The monoisotopic (exact) mass is 248 g/mol. The zero-order chi connectivity index (χ0) is 12.2. The molecule has 6 heteroatoms. The Morgan fingerprint density at radius 3 is 2.50 bits per heavy atom. The highest BCUT2D eigenvalue weighted by Crippen LogP contribution is 2.20. The van der Waals surface area contributed by atoms with E-state index in [0.29, 0.717) is 19.6 Å². The Labute approximate surface area is 97.5 Å². The lowest BCUT2D eigenvalue weighted by Crippen LogP contribution is -2.46. The lowest BCUT2D eigenvalue weighted by Gasteiger charge is -2.32. The predicted octanol–water partition coefficient (Wildman–Crippen LogP) is 0.0533. The summed E-state index contributed by atoms with van der Waals surface area (Å²) in [7, 11) is -1.79. The van der Waals surface area contributed by atoms with Crippen LogP contribution in [0.5, 0.6) is 0 Å². The van der Waals surface area contributed by atoms with E-state index in [1.54, 1.807) is 13.1 Å². The molecule has 0 aromatic carbocycles. The van der Waals surface area contributed by atoms with Crippen molar-refractivity contribution in [1.82, 2.24) is 8.61 Å². The second kappa shape index (κ2) is 5.77. The van der Waals surface area contributed by atoms with E-state index in [1.165, 1.54) is 8.61 Å². The molecule has 1 saturated heterocycles. The van der Waals surface area contributed by atoms with Gasteiger partial charge in [0.25, 0.3) is 10.2 Å². The van der Waals surface area contributed by atoms with Gasteiger partial charge in [-0.05, 0) is 18.8 Å². The minimum atomic E-state index is -3.34. The topological polar surface area (TPSA) is 60.9 Å². The first-order valence-corrected chi connectivity index (χ1v) is 6.85. The highest BCUT2D eigenvalue weighted by atomic mass is 32.2. The molecule has 16 heavy (non-hydrogen) atoms. The summed E-state index contributed by atoms with van der Waals surface area (Å²) in [5.74, 6) is 0.246. The fraction of sp³-hybridized carbons (Fsp3) is 0.800. The summed E-state index contributed by atoms with van der Waals surface area (Å²) in [5, 5.41) is 8.98. The number of piperidine rings is 1. The molecule has 0 radical (unpaired) electrons. The molecule has 0 unspecified atom stereocenters. The van der Waals surface area contributed by atoms with Gasteiger partial charge in [-0.3, -0.25) is 0 Å². The molecule has 5 nitrogen and oxygen atoms in total. The minimum absolute atomic E-state index is 0.149. The summed E-state index contributed by atoms with van der Waals surface area (Å²) in [6, 6.07) is 0. The van der Waals surface area contributed by atoms with Gasteiger partial charge >= 0.3 is 0 Å². The maximum absolute atomic E-state index is 12.0. The molecule has 1 heterocycles. The van der Waals surface area contributed by atoms with Gasteiger partial charge in [-0.15, -0.1) is 6.58 Å². The van der Waals surface area contributed by atoms with Gasteiger partial charge in [0.2, 0.25) is 0 Å². The van der Waals surface area contributed by atoms with E-state index < -0.39 is 10.2 Å². The average Bonchev–Trinajstić information content (AvgIpc) is 2.29. The van der Waals surface area contributed by atoms with Gasteiger partial charge in [0.05, 0.1) is 0 Å². The van der Waals surface area contributed by atoms with Gasteiger partial charge < -0.3 is 5.11 Å². The van der Waals surface area contributed by atoms with Crippen LogP contribution in [0, 0.1) is 5.92 Å². The van der Waals surface area contributed by atoms with Gasteiger partial charge in [0, 0.05) is 33.3 Å². The van der Waals surface area contributed by atoms with Crippen LogP contribution in [0.15, 0.2) is 12.7 Å². The molecule has 0 aliphatic carbocycles. The third-order valence-corrected chi connectivity index (χ3v) is 4.89. The van der Waals surface area contributed by atoms with Crippen molar-refractivity contribution in [2.75, 3.05) is 33.3 Å². The Bertz CT molecular complexity index is 321. The van der Waals surface area contributed by atoms with Gasteiger partial charge in [-0.2, -0.15) is 17.0 Å². The van der Waals surface area contributed by atoms with E-state index in [9.17, 15) is 8.42 Å². The fourth-order valence-corrected chi connectivity index (χ4v) is 3.16. The second-order valence-corrected chi connectivity index (χ2v) is 6.14. The van der Waals surface area contributed by atoms with Crippen molar-refractivity contribution in [3.8, 4) is 0 Å². The largest absolute Gasteiger partial charge is 0.396 e. The molecule has 0 aromatic rings. The SMILES string of the molecule is C=CCN(C)S(=O)(=O)N1CCC(CO)CC1. The van der Waals surface area contributed by atoms with E-state index in [4.69, 9.17) is 5.11 Å². The fourth-order valence-electron chi connectivity index (χ4n) is 1.80. The molecule has 0 saturated carbocycles. The quantitative estimate of drug-likeness (QED) is 0.700. The smallest absolute Gasteiger partial charge is 0.282 e. The molecule has 1 aliphatic heterocycles. The number of nitrogens with zero attached hydrogens (tertiary/aromatic N) is 2. The Morgan fingerprint density at radius 2 is 2.06 bits per heavy atom. The van der Waals surface area contributed by atoms with Crippen LogP contribution in [0.25, 0.3) is 0 Å². The highest BCUT2D eigenvalue weighted by molar-refractivity contribution is 7.86. The normalized spacial score (nSPS) is 20.2. The van der Waals surface area contributed by atoms with Crippen LogP contribution in [0.2, 0.25) is 0 Å². The van der Waals surface area contributed by atoms with Crippen LogP contribution in [-0.2, 0) is 10.2 Å².